The van der Waals surface area contributed by atoms with Crippen LogP contribution in [0.3, 0.4) is 0 Å². The first kappa shape index (κ1) is 14.0. The Morgan fingerprint density at radius 2 is 2.06 bits per heavy atom. The molecule has 1 aromatic carbocycles. The van der Waals surface area contributed by atoms with Crippen LogP contribution in [-0.4, -0.2) is 36.8 Å². The molecule has 0 saturated heterocycles. The molecule has 0 aromatic heterocycles. The third-order valence-corrected chi connectivity index (χ3v) is 2.19. The number of hydrogen-bond acceptors (Lipinski definition) is 4. The first-order valence-electron chi connectivity index (χ1n) is 5.32. The van der Waals surface area contributed by atoms with Gasteiger partial charge in [-0.3, -0.25) is 4.79 Å². The van der Waals surface area contributed by atoms with Crippen LogP contribution < -0.4 is 10.1 Å². The fourth-order valence-electron chi connectivity index (χ4n) is 1.21. The minimum absolute atomic E-state index is 0.328. The predicted octanol–water partition coefficient (Wildman–Crippen LogP) is 1.12. The lowest BCUT2D eigenvalue weighted by molar-refractivity contribution is -0.150. The van der Waals surface area contributed by atoms with Crippen LogP contribution in [-0.2, 0) is 14.3 Å². The van der Waals surface area contributed by atoms with Gasteiger partial charge in [0.1, 0.15) is 12.4 Å². The maximum atomic E-state index is 11.5. The van der Waals surface area contributed by atoms with E-state index in [1.165, 1.54) is 14.0 Å². The zero-order valence-electron chi connectivity index (χ0n) is 10.2. The Balaban J connectivity index is 2.52. The molecule has 0 bridgehead atoms. The molecular formula is C12H15NO5. The number of benzene rings is 1. The quantitative estimate of drug-likeness (QED) is 0.793. The van der Waals surface area contributed by atoms with Gasteiger partial charge in [0.25, 0.3) is 5.91 Å². The summed E-state index contributed by atoms with van der Waals surface area (Å²) in [7, 11) is 1.49. The number of para-hydroxylation sites is 2. The van der Waals surface area contributed by atoms with Gasteiger partial charge in [-0.05, 0) is 19.1 Å². The number of carbonyl (C=O) groups excluding carboxylic acids is 1. The predicted molar refractivity (Wildman–Crippen MR) is 64.7 cm³/mol. The van der Waals surface area contributed by atoms with Gasteiger partial charge in [0.2, 0.25) is 0 Å². The molecule has 6 nitrogen and oxygen atoms in total. The Hall–Kier alpha value is -2.08. The van der Waals surface area contributed by atoms with E-state index in [0.717, 1.165) is 0 Å². The largest absolute Gasteiger partial charge is 0.495 e. The molecule has 98 valence electrons. The number of carboxylic acids is 1. The van der Waals surface area contributed by atoms with E-state index in [2.05, 4.69) is 5.32 Å². The molecule has 0 spiro atoms. The molecule has 1 atom stereocenters. The summed E-state index contributed by atoms with van der Waals surface area (Å²) >= 11 is 0. The molecule has 1 amide bonds. The number of ether oxygens (including phenoxy) is 2. The van der Waals surface area contributed by atoms with Crippen LogP contribution in [0.1, 0.15) is 6.92 Å². The second-order valence-corrected chi connectivity index (χ2v) is 3.54. The molecule has 0 saturated carbocycles. The first-order valence-corrected chi connectivity index (χ1v) is 5.32. The van der Waals surface area contributed by atoms with Crippen LogP contribution in [0.2, 0.25) is 0 Å². The SMILES string of the molecule is COc1ccccc1NC(=O)COC(C)C(=O)O. The Labute approximate surface area is 105 Å². The van der Waals surface area contributed by atoms with Crippen molar-refractivity contribution in [1.29, 1.82) is 0 Å². The van der Waals surface area contributed by atoms with Crippen molar-refractivity contribution in [3.05, 3.63) is 24.3 Å². The summed E-state index contributed by atoms with van der Waals surface area (Å²) in [5.41, 5.74) is 0.511. The molecule has 18 heavy (non-hydrogen) atoms. The molecule has 0 aliphatic rings. The topological polar surface area (TPSA) is 84.9 Å². The minimum atomic E-state index is -1.11. The standard InChI is InChI=1S/C12H15NO5/c1-8(12(15)16)18-7-11(14)13-9-5-3-4-6-10(9)17-2/h3-6,8H,7H2,1-2H3,(H,13,14)(H,15,16). The number of rotatable bonds is 6. The van der Waals surface area contributed by atoms with Crippen molar-refractivity contribution in [2.75, 3.05) is 19.0 Å². The number of carboxylic acid groups (broad SMARTS) is 1. The van der Waals surface area contributed by atoms with Crippen LogP contribution in [0.4, 0.5) is 5.69 Å². The molecule has 6 heteroatoms. The number of amides is 1. The summed E-state index contributed by atoms with van der Waals surface area (Å²) < 4.78 is 9.92. The fourth-order valence-corrected chi connectivity index (χ4v) is 1.21. The van der Waals surface area contributed by atoms with E-state index in [0.29, 0.717) is 11.4 Å². The maximum absolute atomic E-state index is 11.5. The highest BCUT2D eigenvalue weighted by Crippen LogP contribution is 2.22. The molecule has 1 unspecified atom stereocenters. The van der Waals surface area contributed by atoms with E-state index in [1.54, 1.807) is 24.3 Å². The van der Waals surface area contributed by atoms with Gasteiger partial charge < -0.3 is 19.9 Å². The third kappa shape index (κ3) is 4.06. The van der Waals surface area contributed by atoms with Crippen LogP contribution >= 0.6 is 0 Å². The van der Waals surface area contributed by atoms with Gasteiger partial charge in [-0.25, -0.2) is 4.79 Å². The van der Waals surface area contributed by atoms with Crippen LogP contribution in [0.15, 0.2) is 24.3 Å². The van der Waals surface area contributed by atoms with Crippen molar-refractivity contribution in [2.45, 2.75) is 13.0 Å². The second-order valence-electron chi connectivity index (χ2n) is 3.54. The smallest absolute Gasteiger partial charge is 0.332 e. The lowest BCUT2D eigenvalue weighted by Gasteiger charge is -2.11. The first-order chi connectivity index (χ1) is 8.54. The number of hydrogen-bond donors (Lipinski definition) is 2. The van der Waals surface area contributed by atoms with Gasteiger partial charge in [-0.15, -0.1) is 0 Å². The molecule has 0 heterocycles. The van der Waals surface area contributed by atoms with Gasteiger partial charge in [0.05, 0.1) is 12.8 Å². The van der Waals surface area contributed by atoms with E-state index in [9.17, 15) is 9.59 Å². The van der Waals surface area contributed by atoms with E-state index in [4.69, 9.17) is 14.6 Å². The van der Waals surface area contributed by atoms with Crippen molar-refractivity contribution >= 4 is 17.6 Å². The molecule has 0 fully saturated rings. The lowest BCUT2D eigenvalue weighted by Crippen LogP contribution is -2.26. The van der Waals surface area contributed by atoms with Crippen molar-refractivity contribution in [3.8, 4) is 5.75 Å². The van der Waals surface area contributed by atoms with Crippen molar-refractivity contribution < 1.29 is 24.2 Å². The van der Waals surface area contributed by atoms with Gasteiger partial charge >= 0.3 is 5.97 Å². The lowest BCUT2D eigenvalue weighted by atomic mass is 10.3. The summed E-state index contributed by atoms with van der Waals surface area (Å²) in [6.45, 7) is 1.03. The molecule has 1 aromatic rings. The Bertz CT molecular complexity index is 432. The average molecular weight is 253 g/mol. The summed E-state index contributed by atoms with van der Waals surface area (Å²) in [4.78, 5) is 22.0. The monoisotopic (exact) mass is 253 g/mol. The molecule has 1 rings (SSSR count). The molecule has 2 N–H and O–H groups in total. The highest BCUT2D eigenvalue weighted by atomic mass is 16.5. The fraction of sp³-hybridized carbons (Fsp3) is 0.333. The van der Waals surface area contributed by atoms with E-state index < -0.39 is 18.0 Å². The van der Waals surface area contributed by atoms with Crippen molar-refractivity contribution in [3.63, 3.8) is 0 Å². The van der Waals surface area contributed by atoms with E-state index >= 15 is 0 Å². The normalized spacial score (nSPS) is 11.7. The Morgan fingerprint density at radius 3 is 2.67 bits per heavy atom. The van der Waals surface area contributed by atoms with E-state index in [-0.39, 0.29) is 6.61 Å². The second kappa shape index (κ2) is 6.61. The molecule has 0 aliphatic carbocycles. The highest BCUT2D eigenvalue weighted by Gasteiger charge is 2.14. The van der Waals surface area contributed by atoms with Crippen LogP contribution in [0.5, 0.6) is 5.75 Å². The number of methoxy groups -OCH3 is 1. The summed E-state index contributed by atoms with van der Waals surface area (Å²) in [5.74, 6) is -1.02. The van der Waals surface area contributed by atoms with Crippen LogP contribution in [0.25, 0.3) is 0 Å². The maximum Gasteiger partial charge on any atom is 0.332 e. The molecule has 0 radical (unpaired) electrons. The number of carbonyl (C=O) groups is 2. The summed E-state index contributed by atoms with van der Waals surface area (Å²) in [6, 6.07) is 6.91. The average Bonchev–Trinajstić information content (AvgIpc) is 2.36. The van der Waals surface area contributed by atoms with Gasteiger partial charge in [0.15, 0.2) is 6.10 Å². The minimum Gasteiger partial charge on any atom is -0.495 e. The molecular weight excluding hydrogens is 238 g/mol. The highest BCUT2D eigenvalue weighted by molar-refractivity contribution is 5.93. The van der Waals surface area contributed by atoms with Crippen molar-refractivity contribution in [1.82, 2.24) is 0 Å². The Morgan fingerprint density at radius 1 is 1.39 bits per heavy atom. The Kier molecular flexibility index (Phi) is 5.13. The van der Waals surface area contributed by atoms with Gasteiger partial charge in [-0.2, -0.15) is 0 Å². The van der Waals surface area contributed by atoms with Crippen LogP contribution in [0, 0.1) is 0 Å². The third-order valence-electron chi connectivity index (χ3n) is 2.19. The molecule has 0 aliphatic heterocycles. The van der Waals surface area contributed by atoms with Gasteiger partial charge in [0, 0.05) is 0 Å². The summed E-state index contributed by atoms with van der Waals surface area (Å²) in [6.07, 6.45) is -1.02. The van der Waals surface area contributed by atoms with Gasteiger partial charge in [-0.1, -0.05) is 12.1 Å². The number of anilines is 1. The zero-order valence-corrected chi connectivity index (χ0v) is 10.2. The summed E-state index contributed by atoms with van der Waals surface area (Å²) in [5, 5.41) is 11.2. The van der Waals surface area contributed by atoms with Crippen molar-refractivity contribution in [2.24, 2.45) is 0 Å². The zero-order chi connectivity index (χ0) is 13.5. The number of nitrogens with one attached hydrogen (secondary N) is 1. The number of aliphatic carboxylic acids is 1. The van der Waals surface area contributed by atoms with E-state index in [1.807, 2.05) is 0 Å².